The fraction of sp³-hybridized carbons (Fsp3) is 0.306. The van der Waals surface area contributed by atoms with Crippen molar-refractivity contribution in [2.24, 2.45) is 10.8 Å². The molecule has 1 aliphatic carbocycles. The molecule has 0 bridgehead atoms. The first-order valence-electron chi connectivity index (χ1n) is 20.5. The molecule has 7 rings (SSSR count). The van der Waals surface area contributed by atoms with Gasteiger partial charge in [-0.25, -0.2) is 4.98 Å². The lowest BCUT2D eigenvalue weighted by molar-refractivity contribution is -0.207. The molecule has 6 N–H and O–H groups in total. The van der Waals surface area contributed by atoms with Crippen molar-refractivity contribution in [1.29, 1.82) is 5.41 Å². The molecule has 7 nitrogen and oxygen atoms in total. The first kappa shape index (κ1) is 40.0. The molecular weight excluding hydrogens is 724 g/mol. The molecule has 5 aromatic carbocycles. The molecule has 57 heavy (non-hydrogen) atoms. The normalized spacial score (nSPS) is 14.7. The van der Waals surface area contributed by atoms with Crippen LogP contribution in [0, 0.1) is 5.41 Å². The quantitative estimate of drug-likeness (QED) is 0.0404. The zero-order valence-electron chi connectivity index (χ0n) is 32.9. The zero-order chi connectivity index (χ0) is 39.8. The van der Waals surface area contributed by atoms with Gasteiger partial charge in [0.2, 0.25) is 5.84 Å². The molecule has 1 heterocycles. The fourth-order valence-corrected chi connectivity index (χ4v) is 8.90. The van der Waals surface area contributed by atoms with Crippen molar-refractivity contribution in [1.82, 2.24) is 9.55 Å². The van der Waals surface area contributed by atoms with Gasteiger partial charge in [0.25, 0.3) is 0 Å². The number of unbranched alkanes of at least 4 members (excludes halogenated alkanes) is 1. The largest absolute Gasteiger partial charge is 0.390 e. The third kappa shape index (κ3) is 8.57. The highest BCUT2D eigenvalue weighted by Gasteiger charge is 2.33. The predicted molar refractivity (Wildman–Crippen MR) is 231 cm³/mol. The van der Waals surface area contributed by atoms with Crippen LogP contribution in [-0.4, -0.2) is 20.5 Å². The van der Waals surface area contributed by atoms with E-state index in [0.717, 1.165) is 69.6 Å². The number of hydrogen-bond acceptors (Lipinski definition) is 4. The van der Waals surface area contributed by atoms with Gasteiger partial charge in [-0.15, -0.1) is 0 Å². The van der Waals surface area contributed by atoms with E-state index in [2.05, 4.69) is 113 Å². The highest BCUT2D eigenvalue weighted by Crippen LogP contribution is 2.40. The molecule has 6 aromatic rings. The summed E-state index contributed by atoms with van der Waals surface area (Å²) in [7, 11) is 0. The van der Waals surface area contributed by atoms with Crippen molar-refractivity contribution >= 4 is 17.4 Å². The number of rotatable bonds is 13. The topological polar surface area (TPSA) is 126 Å². The summed E-state index contributed by atoms with van der Waals surface area (Å²) in [5, 5.41) is 23.0. The minimum absolute atomic E-state index is 0.00997. The second-order valence-electron chi connectivity index (χ2n) is 15.4. The first-order chi connectivity index (χ1) is 27.8. The van der Waals surface area contributed by atoms with E-state index in [9.17, 15) is 5.11 Å². The number of nitrogens with two attached hydrogens (primary N) is 2. The first-order valence-corrected chi connectivity index (χ1v) is 20.9. The molecule has 1 atom stereocenters. The summed E-state index contributed by atoms with van der Waals surface area (Å²) < 4.78 is 2.06. The zero-order valence-corrected chi connectivity index (χ0v) is 33.7. The maximum Gasteiger partial charge on any atom is 0.219 e. The smallest absolute Gasteiger partial charge is 0.219 e. The predicted octanol–water partition coefficient (Wildman–Crippen LogP) is 10.4. The van der Waals surface area contributed by atoms with Crippen LogP contribution in [0.3, 0.4) is 0 Å². The third-order valence-corrected chi connectivity index (χ3v) is 12.2. The minimum atomic E-state index is -0.936. The van der Waals surface area contributed by atoms with Gasteiger partial charge < -0.3 is 15.4 Å². The van der Waals surface area contributed by atoms with E-state index in [4.69, 9.17) is 28.3 Å². The lowest BCUT2D eigenvalue weighted by atomic mass is 9.76. The number of nitrogens with zero attached hydrogens (tertiary/aromatic N) is 3. The van der Waals surface area contributed by atoms with Gasteiger partial charge in [-0.1, -0.05) is 166 Å². The van der Waals surface area contributed by atoms with Crippen molar-refractivity contribution in [2.75, 3.05) is 0 Å². The summed E-state index contributed by atoms with van der Waals surface area (Å²) in [4.78, 5) is 4.69. The fourth-order valence-electron chi connectivity index (χ4n) is 8.64. The Hall–Kier alpha value is -5.21. The van der Waals surface area contributed by atoms with Gasteiger partial charge in [-0.05, 0) is 87.4 Å². The van der Waals surface area contributed by atoms with Gasteiger partial charge in [0.15, 0.2) is 5.15 Å². The van der Waals surface area contributed by atoms with Crippen LogP contribution >= 0.6 is 11.6 Å². The van der Waals surface area contributed by atoms with Crippen molar-refractivity contribution in [3.05, 3.63) is 171 Å². The van der Waals surface area contributed by atoms with E-state index in [1.54, 1.807) is 0 Å². The summed E-state index contributed by atoms with van der Waals surface area (Å²) in [6, 6.07) is 42.1. The van der Waals surface area contributed by atoms with E-state index >= 15 is 0 Å². The Kier molecular flexibility index (Phi) is 12.9. The van der Waals surface area contributed by atoms with E-state index in [1.807, 2.05) is 30.3 Å². The Labute approximate surface area is 342 Å². The SMILES string of the molecule is CCCCc1nc(Cl)c(CO)n1Cc1ccc(-c2ccccc2C(=N)N=[NH2+])cc1-c1cccc(C(N)(c2ccccc2)c2ccc(C3CCCCCCC3)cc2)c1. The number of aromatic nitrogens is 2. The van der Waals surface area contributed by atoms with E-state index in [1.165, 1.54) is 50.5 Å². The maximum atomic E-state index is 10.5. The van der Waals surface area contributed by atoms with Crippen LogP contribution in [0.4, 0.5) is 0 Å². The number of imidazole rings is 1. The summed E-state index contributed by atoms with van der Waals surface area (Å²) in [5.41, 5.74) is 22.9. The Morgan fingerprint density at radius 1 is 0.825 bits per heavy atom. The highest BCUT2D eigenvalue weighted by molar-refractivity contribution is 6.30. The number of nitrogens with one attached hydrogen (secondary N) is 1. The Morgan fingerprint density at radius 2 is 1.49 bits per heavy atom. The van der Waals surface area contributed by atoms with Crippen LogP contribution in [0.1, 0.15) is 116 Å². The van der Waals surface area contributed by atoms with Crippen molar-refractivity contribution in [3.8, 4) is 22.3 Å². The van der Waals surface area contributed by atoms with E-state index in [-0.39, 0.29) is 12.4 Å². The summed E-state index contributed by atoms with van der Waals surface area (Å²) in [5.74, 6) is 1.45. The van der Waals surface area contributed by atoms with Gasteiger partial charge in [-0.3, -0.25) is 5.41 Å². The Balaban J connectivity index is 1.37. The molecule has 1 unspecified atom stereocenters. The van der Waals surface area contributed by atoms with Gasteiger partial charge in [-0.2, -0.15) is 5.53 Å². The molecule has 0 radical (unpaired) electrons. The number of hydrogen-bond donors (Lipinski definition) is 4. The molecule has 1 fully saturated rings. The molecule has 1 aliphatic rings. The average Bonchev–Trinajstić information content (AvgIpc) is 3.55. The number of benzene rings is 5. The summed E-state index contributed by atoms with van der Waals surface area (Å²) >= 11 is 6.63. The van der Waals surface area contributed by atoms with Gasteiger partial charge in [0, 0.05) is 23.6 Å². The van der Waals surface area contributed by atoms with E-state index in [0.29, 0.717) is 28.9 Å². The van der Waals surface area contributed by atoms with Crippen molar-refractivity contribution < 1.29 is 10.6 Å². The molecule has 0 saturated heterocycles. The molecule has 8 heteroatoms. The molecular formula is C49H54ClN6O+. The number of aryl methyl sites for hydroxylation is 1. The molecule has 0 amide bonds. The number of aliphatic hydroxyl groups excluding tert-OH is 1. The highest BCUT2D eigenvalue weighted by atomic mass is 35.5. The minimum Gasteiger partial charge on any atom is -0.390 e. The maximum absolute atomic E-state index is 10.5. The van der Waals surface area contributed by atoms with E-state index < -0.39 is 5.54 Å². The summed E-state index contributed by atoms with van der Waals surface area (Å²) in [6.07, 6.45) is 11.8. The Morgan fingerprint density at radius 3 is 2.21 bits per heavy atom. The molecule has 1 saturated carbocycles. The standard InChI is InChI=1S/C49H53ClN6O/c1-2-3-23-46-54-47(50)45(33-57)56(46)32-38-25-24-37(42-21-12-13-22-43(42)48(51)55-53)31-44(38)36-17-14-20-41(30-36)49(52,39-18-10-7-11-19-39)40-28-26-35(27-29-40)34-15-8-5-4-6-9-16-34/h7,10-14,17-22,24-31,34,51,53,57H,2-6,8-9,15-16,23,32-33,52H2,1H3/p+1. The van der Waals surface area contributed by atoms with Crippen LogP contribution < -0.4 is 11.3 Å². The molecule has 0 spiro atoms. The molecule has 1 aromatic heterocycles. The third-order valence-electron chi connectivity index (χ3n) is 11.9. The second-order valence-corrected chi connectivity index (χ2v) is 15.8. The Bertz CT molecular complexity index is 2310. The summed E-state index contributed by atoms with van der Waals surface area (Å²) in [6.45, 7) is 2.39. The average molecular weight is 778 g/mol. The van der Waals surface area contributed by atoms with Crippen LogP contribution in [0.15, 0.2) is 126 Å². The lowest BCUT2D eigenvalue weighted by Gasteiger charge is -2.32. The van der Waals surface area contributed by atoms with Crippen LogP contribution in [-0.2, 0) is 25.1 Å². The van der Waals surface area contributed by atoms with Gasteiger partial charge in [0.1, 0.15) is 5.82 Å². The van der Waals surface area contributed by atoms with Gasteiger partial charge >= 0.3 is 0 Å². The number of halogens is 1. The number of aliphatic hydroxyl groups is 1. The number of amidine groups is 1. The van der Waals surface area contributed by atoms with Crippen molar-refractivity contribution in [2.45, 2.75) is 95.7 Å². The second kappa shape index (κ2) is 18.4. The monoisotopic (exact) mass is 777 g/mol. The molecule has 0 aliphatic heterocycles. The molecule has 292 valence electrons. The van der Waals surface area contributed by atoms with Crippen LogP contribution in [0.2, 0.25) is 5.15 Å². The van der Waals surface area contributed by atoms with Crippen LogP contribution in [0.5, 0.6) is 0 Å². The lowest BCUT2D eigenvalue weighted by Crippen LogP contribution is -2.39. The van der Waals surface area contributed by atoms with Crippen molar-refractivity contribution in [3.63, 3.8) is 0 Å². The van der Waals surface area contributed by atoms with Gasteiger partial charge in [0.05, 0.1) is 17.8 Å². The van der Waals surface area contributed by atoms with Crippen LogP contribution in [0.25, 0.3) is 22.3 Å².